The Bertz CT molecular complexity index is 177. The molecule has 0 saturated carbocycles. The van der Waals surface area contributed by atoms with Gasteiger partial charge in [-0.1, -0.05) is 22.3 Å². The molecule has 4 atom stereocenters. The summed E-state index contributed by atoms with van der Waals surface area (Å²) < 4.78 is 5.33. The Kier molecular flexibility index (Phi) is 3.89. The molecule has 4 unspecified atom stereocenters. The van der Waals surface area contributed by atoms with Crippen LogP contribution in [0.25, 0.3) is 0 Å². The number of likely N-dealkylation sites (N-methyl/N-ethyl adjacent to an activating group) is 1. The summed E-state index contributed by atoms with van der Waals surface area (Å²) in [6, 6.07) is 0.315. The lowest BCUT2D eigenvalue weighted by Gasteiger charge is -2.44. The van der Waals surface area contributed by atoms with Crippen molar-refractivity contribution in [3.05, 3.63) is 0 Å². The zero-order chi connectivity index (χ0) is 9.14. The molecule has 0 aromatic rings. The Morgan fingerprint density at radius 3 is 2.92 bits per heavy atom. The van der Waals surface area contributed by atoms with Crippen molar-refractivity contribution in [1.82, 2.24) is 4.90 Å². The van der Waals surface area contributed by atoms with Gasteiger partial charge in [-0.25, -0.2) is 0 Å². The highest BCUT2D eigenvalue weighted by molar-refractivity contribution is 8.00. The predicted molar refractivity (Wildman–Crippen MR) is 54.4 cm³/mol. The first-order valence-electron chi connectivity index (χ1n) is 4.10. The summed E-state index contributed by atoms with van der Waals surface area (Å²) in [5.74, 6) is 0.128. The molecule has 5 heteroatoms. The van der Waals surface area contributed by atoms with Crippen LogP contribution in [0.2, 0.25) is 0 Å². The summed E-state index contributed by atoms with van der Waals surface area (Å²) in [6.07, 6.45) is 1.98. The van der Waals surface area contributed by atoms with E-state index in [1.807, 2.05) is 7.05 Å². The predicted octanol–water partition coefficient (Wildman–Crippen LogP) is 1.40. The van der Waals surface area contributed by atoms with Gasteiger partial charge in [0, 0.05) is 15.5 Å². The van der Waals surface area contributed by atoms with Crippen LogP contribution in [0.1, 0.15) is 19.8 Å². The largest absolute Gasteiger partial charge is 0.343 e. The quantitative estimate of drug-likeness (QED) is 0.515. The van der Waals surface area contributed by atoms with Crippen LogP contribution in [0.3, 0.4) is 0 Å². The van der Waals surface area contributed by atoms with E-state index in [0.29, 0.717) is 14.5 Å². The molecule has 12 heavy (non-hydrogen) atoms. The molecule has 0 N–H and O–H groups in total. The van der Waals surface area contributed by atoms with Crippen molar-refractivity contribution in [3.63, 3.8) is 0 Å². The van der Waals surface area contributed by atoms with Gasteiger partial charge in [-0.2, -0.15) is 0 Å². The number of hydrogen-bond acceptors (Lipinski definition) is 2. The number of hydrogen-bond donors (Lipinski definition) is 0. The van der Waals surface area contributed by atoms with E-state index >= 15 is 0 Å². The summed E-state index contributed by atoms with van der Waals surface area (Å²) in [6.45, 7) is 2.12. The van der Waals surface area contributed by atoms with E-state index in [-0.39, 0.29) is 12.0 Å². The van der Waals surface area contributed by atoms with E-state index in [9.17, 15) is 4.79 Å². The highest BCUT2D eigenvalue weighted by Crippen LogP contribution is 2.33. The maximum atomic E-state index is 11.2. The summed E-state index contributed by atoms with van der Waals surface area (Å²) in [7, 11) is 4.67. The third kappa shape index (κ3) is 1.79. The van der Waals surface area contributed by atoms with Crippen LogP contribution in [-0.2, 0) is 9.32 Å². The van der Waals surface area contributed by atoms with Crippen LogP contribution in [0.5, 0.6) is 0 Å². The number of carbonyl (C=O) groups is 1. The van der Waals surface area contributed by atoms with Gasteiger partial charge in [0.05, 0.1) is 6.04 Å². The standard InChI is InChI=1S/C7H15NO2P2/c1-3-4-5-6(10-12-11)7(9)8(5)2/h5-6,12H,3-4,11H2,1-2H3. The fourth-order valence-electron chi connectivity index (χ4n) is 1.49. The van der Waals surface area contributed by atoms with Gasteiger partial charge >= 0.3 is 0 Å². The third-order valence-electron chi connectivity index (χ3n) is 2.22. The van der Waals surface area contributed by atoms with Crippen LogP contribution < -0.4 is 0 Å². The molecule has 3 nitrogen and oxygen atoms in total. The second kappa shape index (κ2) is 4.50. The molecule has 1 amide bonds. The van der Waals surface area contributed by atoms with Gasteiger partial charge in [0.25, 0.3) is 5.91 Å². The maximum absolute atomic E-state index is 11.2. The average Bonchev–Trinajstić information content (AvgIpc) is 2.10. The van der Waals surface area contributed by atoms with Crippen LogP contribution in [0, 0.1) is 0 Å². The second-order valence-electron chi connectivity index (χ2n) is 2.96. The Balaban J connectivity index is 2.43. The molecule has 0 aromatic carbocycles. The van der Waals surface area contributed by atoms with E-state index in [1.165, 1.54) is 0 Å². The molecule has 1 aliphatic rings. The van der Waals surface area contributed by atoms with Crippen LogP contribution in [0.15, 0.2) is 0 Å². The monoisotopic (exact) mass is 207 g/mol. The van der Waals surface area contributed by atoms with Crippen molar-refractivity contribution in [2.45, 2.75) is 31.9 Å². The van der Waals surface area contributed by atoms with Crippen LogP contribution in [0.4, 0.5) is 0 Å². The number of amides is 1. The van der Waals surface area contributed by atoms with Crippen molar-refractivity contribution in [2.24, 2.45) is 0 Å². The summed E-state index contributed by atoms with van der Waals surface area (Å²) in [5.41, 5.74) is 0. The molecular weight excluding hydrogens is 192 g/mol. The molecule has 0 aromatic heterocycles. The molecule has 1 heterocycles. The minimum absolute atomic E-state index is 0.128. The first-order chi connectivity index (χ1) is 5.72. The summed E-state index contributed by atoms with van der Waals surface area (Å²) in [4.78, 5) is 13.0. The van der Waals surface area contributed by atoms with Gasteiger partial charge in [0.1, 0.15) is 0 Å². The molecule has 1 rings (SSSR count). The molecule has 0 spiro atoms. The Morgan fingerprint density at radius 2 is 2.42 bits per heavy atom. The first-order valence-corrected chi connectivity index (χ1v) is 6.82. The van der Waals surface area contributed by atoms with E-state index < -0.39 is 0 Å². The first kappa shape index (κ1) is 10.4. The average molecular weight is 207 g/mol. The van der Waals surface area contributed by atoms with E-state index in [4.69, 9.17) is 4.52 Å². The van der Waals surface area contributed by atoms with Crippen molar-refractivity contribution < 1.29 is 9.32 Å². The fraction of sp³-hybridized carbons (Fsp3) is 0.857. The number of likely N-dealkylation sites (tertiary alicyclic amines) is 1. The zero-order valence-electron chi connectivity index (χ0n) is 7.41. The van der Waals surface area contributed by atoms with Crippen LogP contribution in [-0.4, -0.2) is 30.0 Å². The molecule has 1 aliphatic heterocycles. The van der Waals surface area contributed by atoms with Gasteiger partial charge in [-0.15, -0.1) is 0 Å². The minimum atomic E-state index is -0.161. The topological polar surface area (TPSA) is 29.5 Å². The number of carbonyl (C=O) groups excluding carboxylic acids is 1. The number of rotatable bonds is 4. The molecule has 0 bridgehead atoms. The molecule has 70 valence electrons. The second-order valence-corrected chi connectivity index (χ2v) is 4.14. The highest BCUT2D eigenvalue weighted by atomic mass is 32.0. The molecule has 0 radical (unpaired) electrons. The Hall–Kier alpha value is 0.290. The zero-order valence-corrected chi connectivity index (χ0v) is 9.56. The lowest BCUT2D eigenvalue weighted by Crippen LogP contribution is -2.62. The van der Waals surface area contributed by atoms with E-state index in [1.54, 1.807) is 4.90 Å². The van der Waals surface area contributed by atoms with Crippen molar-refractivity contribution in [2.75, 3.05) is 7.05 Å². The molecule has 0 aliphatic carbocycles. The number of nitrogens with zero attached hydrogens (tertiary/aromatic N) is 1. The minimum Gasteiger partial charge on any atom is -0.343 e. The van der Waals surface area contributed by atoms with E-state index in [2.05, 4.69) is 15.9 Å². The van der Waals surface area contributed by atoms with Gasteiger partial charge < -0.3 is 9.42 Å². The lowest BCUT2D eigenvalue weighted by molar-refractivity contribution is -0.159. The smallest absolute Gasteiger partial charge is 0.254 e. The maximum Gasteiger partial charge on any atom is 0.254 e. The third-order valence-corrected chi connectivity index (χ3v) is 3.02. The normalized spacial score (nSPS) is 29.9. The SMILES string of the molecule is CCCC1C(OPP)C(=O)N1C. The van der Waals surface area contributed by atoms with Crippen molar-refractivity contribution >= 4 is 23.3 Å². The highest BCUT2D eigenvalue weighted by Gasteiger charge is 2.44. The Labute approximate surface area is 77.2 Å². The summed E-state index contributed by atoms with van der Waals surface area (Å²) in [5, 5.41) is 0. The van der Waals surface area contributed by atoms with Gasteiger partial charge in [-0.3, -0.25) is 4.79 Å². The molecule has 1 saturated heterocycles. The van der Waals surface area contributed by atoms with Crippen LogP contribution >= 0.6 is 17.4 Å². The fourth-order valence-corrected chi connectivity index (χ4v) is 2.34. The summed E-state index contributed by atoms with van der Waals surface area (Å²) >= 11 is 0. The van der Waals surface area contributed by atoms with Gasteiger partial charge in [0.15, 0.2) is 6.10 Å². The van der Waals surface area contributed by atoms with Crippen molar-refractivity contribution in [3.8, 4) is 0 Å². The lowest BCUT2D eigenvalue weighted by atomic mass is 9.95. The molecular formula is C7H15NO2P2. The van der Waals surface area contributed by atoms with Crippen molar-refractivity contribution in [1.29, 1.82) is 0 Å². The van der Waals surface area contributed by atoms with Gasteiger partial charge in [0.2, 0.25) is 0 Å². The van der Waals surface area contributed by atoms with E-state index in [0.717, 1.165) is 12.8 Å². The number of β-lactam (4-membered cyclic amide) rings is 1. The Morgan fingerprint density at radius 1 is 1.75 bits per heavy atom. The molecule has 1 fully saturated rings. The van der Waals surface area contributed by atoms with Gasteiger partial charge in [-0.05, 0) is 6.42 Å².